The van der Waals surface area contributed by atoms with Crippen molar-refractivity contribution in [3.05, 3.63) is 88.4 Å². The van der Waals surface area contributed by atoms with Crippen LogP contribution >= 0.6 is 0 Å². The molecule has 0 radical (unpaired) electrons. The van der Waals surface area contributed by atoms with E-state index >= 15 is 0 Å². The molecule has 1 amide bonds. The van der Waals surface area contributed by atoms with Crippen LogP contribution in [0.4, 0.5) is 19.0 Å². The molecule has 36 heavy (non-hydrogen) atoms. The van der Waals surface area contributed by atoms with Crippen LogP contribution in [0.5, 0.6) is 5.88 Å². The first-order chi connectivity index (χ1) is 17.0. The van der Waals surface area contributed by atoms with Crippen LogP contribution in [0.1, 0.15) is 53.0 Å². The molecule has 1 N–H and O–H groups in total. The summed E-state index contributed by atoms with van der Waals surface area (Å²) in [5.74, 6) is -2.79. The lowest BCUT2D eigenvalue weighted by molar-refractivity contribution is -0.276. The van der Waals surface area contributed by atoms with E-state index in [1.54, 1.807) is 37.3 Å². The minimum Gasteiger partial charge on any atom is -0.503 e. The van der Waals surface area contributed by atoms with Crippen molar-refractivity contribution in [1.29, 1.82) is 0 Å². The Morgan fingerprint density at radius 2 is 1.75 bits per heavy atom. The lowest BCUT2D eigenvalue weighted by Gasteiger charge is -2.25. The maximum atomic E-state index is 13.5. The summed E-state index contributed by atoms with van der Waals surface area (Å²) in [6.45, 7) is 5.68. The van der Waals surface area contributed by atoms with Gasteiger partial charge in [0.15, 0.2) is 17.4 Å². The molecule has 186 valence electrons. The molecule has 0 bridgehead atoms. The highest BCUT2D eigenvalue weighted by Crippen LogP contribution is 2.41. The first kappa shape index (κ1) is 24.8. The topological polar surface area (TPSA) is 106 Å². The highest BCUT2D eigenvalue weighted by molar-refractivity contribution is 6.20. The van der Waals surface area contributed by atoms with Crippen LogP contribution in [0.15, 0.2) is 66.1 Å². The summed E-state index contributed by atoms with van der Waals surface area (Å²) in [5, 5.41) is 18.7. The zero-order valence-electron chi connectivity index (χ0n) is 19.4. The van der Waals surface area contributed by atoms with Gasteiger partial charge in [0.2, 0.25) is 5.88 Å². The normalized spacial score (nSPS) is 16.1. The number of aromatic nitrogens is 3. The molecule has 2 aromatic heterocycles. The Balaban J connectivity index is 1.79. The van der Waals surface area contributed by atoms with Crippen LogP contribution in [0.25, 0.3) is 0 Å². The van der Waals surface area contributed by atoms with Gasteiger partial charge in [-0.3, -0.25) is 14.5 Å². The molecule has 0 saturated carbocycles. The lowest BCUT2D eigenvalue weighted by atomic mass is 9.92. The summed E-state index contributed by atoms with van der Waals surface area (Å²) in [6.07, 6.45) is -3.90. The number of Topliss-reactive ketones (excluding diaryl/α,β-unsaturated/α-hetero) is 1. The van der Waals surface area contributed by atoms with Crippen molar-refractivity contribution < 1.29 is 32.6 Å². The third-order valence-corrected chi connectivity index (χ3v) is 5.62. The van der Waals surface area contributed by atoms with E-state index in [0.29, 0.717) is 5.69 Å². The van der Waals surface area contributed by atoms with Gasteiger partial charge in [0.25, 0.3) is 5.91 Å². The van der Waals surface area contributed by atoms with Gasteiger partial charge in [0, 0.05) is 17.8 Å². The molecule has 0 spiro atoms. The molecule has 4 rings (SSSR count). The van der Waals surface area contributed by atoms with Crippen molar-refractivity contribution in [1.82, 2.24) is 15.2 Å². The molecule has 0 aliphatic carbocycles. The molecular weight excluding hydrogens is 477 g/mol. The number of ketones is 1. The maximum Gasteiger partial charge on any atom is 0.574 e. The van der Waals surface area contributed by atoms with Gasteiger partial charge in [0.05, 0.1) is 17.3 Å². The number of aliphatic hydroxyl groups excluding tert-OH is 1. The second-order valence-corrected chi connectivity index (χ2v) is 8.46. The summed E-state index contributed by atoms with van der Waals surface area (Å²) in [4.78, 5) is 31.4. The van der Waals surface area contributed by atoms with Gasteiger partial charge in [-0.1, -0.05) is 38.1 Å². The third-order valence-electron chi connectivity index (χ3n) is 5.62. The Labute approximate surface area is 204 Å². The molecule has 3 heterocycles. The van der Waals surface area contributed by atoms with Crippen LogP contribution in [0.2, 0.25) is 0 Å². The Morgan fingerprint density at radius 3 is 2.28 bits per heavy atom. The zero-order chi connectivity index (χ0) is 26.2. The fourth-order valence-corrected chi connectivity index (χ4v) is 3.82. The van der Waals surface area contributed by atoms with E-state index in [2.05, 4.69) is 19.9 Å². The largest absolute Gasteiger partial charge is 0.574 e. The SMILES string of the molecule is Cc1ccc(N2C(=O)C(O)=C(C(=O)c3ccc(C(C)C)cc3)C2c2ccc(OC(F)(F)F)nc2)nn1. The number of aryl methyl sites for hydroxylation is 1. The molecule has 0 fully saturated rings. The first-order valence-electron chi connectivity index (χ1n) is 10.9. The van der Waals surface area contributed by atoms with Crippen molar-refractivity contribution in [2.75, 3.05) is 4.90 Å². The number of alkyl halides is 3. The predicted molar refractivity (Wildman–Crippen MR) is 122 cm³/mol. The van der Waals surface area contributed by atoms with E-state index in [9.17, 15) is 27.9 Å². The second kappa shape index (κ2) is 9.40. The van der Waals surface area contributed by atoms with E-state index in [1.807, 2.05) is 13.8 Å². The molecule has 0 saturated heterocycles. The van der Waals surface area contributed by atoms with E-state index in [-0.39, 0.29) is 28.4 Å². The van der Waals surface area contributed by atoms with Gasteiger partial charge in [-0.05, 0) is 42.2 Å². The van der Waals surface area contributed by atoms with E-state index in [1.165, 1.54) is 12.1 Å². The fraction of sp³-hybridized carbons (Fsp3) is 0.240. The number of pyridine rings is 1. The number of hydrogen-bond donors (Lipinski definition) is 1. The van der Waals surface area contributed by atoms with Crippen molar-refractivity contribution >= 4 is 17.5 Å². The predicted octanol–water partition coefficient (Wildman–Crippen LogP) is 4.98. The number of nitrogens with zero attached hydrogens (tertiary/aromatic N) is 4. The highest BCUT2D eigenvalue weighted by Gasteiger charge is 2.45. The number of amides is 1. The van der Waals surface area contributed by atoms with Crippen molar-refractivity contribution in [2.24, 2.45) is 0 Å². The van der Waals surface area contributed by atoms with E-state index < -0.39 is 35.7 Å². The quantitative estimate of drug-likeness (QED) is 0.478. The summed E-state index contributed by atoms with van der Waals surface area (Å²) < 4.78 is 41.6. The molecule has 1 aliphatic rings. The lowest BCUT2D eigenvalue weighted by Crippen LogP contribution is -2.32. The Kier molecular flexibility index (Phi) is 6.49. The van der Waals surface area contributed by atoms with Gasteiger partial charge < -0.3 is 9.84 Å². The standard InChI is InChI=1S/C25H21F3N4O4/c1-13(2)15-5-7-16(8-6-15)22(33)20-21(17-9-11-19(29-12-17)36-25(26,27)28)32(24(35)23(20)34)18-10-4-14(3)30-31-18/h4-13,21,34H,1-3H3. The molecule has 8 nitrogen and oxygen atoms in total. The third kappa shape index (κ3) is 4.90. The molecule has 11 heteroatoms. The number of benzene rings is 1. The number of carbonyl (C=O) groups excluding carboxylic acids is 2. The molecule has 1 aliphatic heterocycles. The molecule has 1 aromatic carbocycles. The molecule has 3 aromatic rings. The minimum absolute atomic E-state index is 0.0377. The van der Waals surface area contributed by atoms with Gasteiger partial charge in [-0.15, -0.1) is 18.3 Å². The van der Waals surface area contributed by atoms with E-state index in [4.69, 9.17) is 0 Å². The van der Waals surface area contributed by atoms with Crippen LogP contribution in [-0.2, 0) is 4.79 Å². The molecule has 1 unspecified atom stereocenters. The van der Waals surface area contributed by atoms with Crippen LogP contribution in [0.3, 0.4) is 0 Å². The number of ether oxygens (including phenoxy) is 1. The average Bonchev–Trinajstić information content (AvgIpc) is 3.09. The zero-order valence-corrected chi connectivity index (χ0v) is 19.4. The first-order valence-corrected chi connectivity index (χ1v) is 10.9. The average molecular weight is 498 g/mol. The highest BCUT2D eigenvalue weighted by atomic mass is 19.4. The summed E-state index contributed by atoms with van der Waals surface area (Å²) >= 11 is 0. The van der Waals surface area contributed by atoms with Crippen molar-refractivity contribution in [2.45, 2.75) is 39.1 Å². The number of anilines is 1. The van der Waals surface area contributed by atoms with Gasteiger partial charge in [-0.2, -0.15) is 5.10 Å². The van der Waals surface area contributed by atoms with Crippen molar-refractivity contribution in [3.8, 4) is 5.88 Å². The number of aliphatic hydroxyl groups is 1. The van der Waals surface area contributed by atoms with Crippen LogP contribution < -0.4 is 9.64 Å². The Bertz CT molecular complexity index is 1320. The second-order valence-electron chi connectivity index (χ2n) is 8.46. The van der Waals surface area contributed by atoms with E-state index in [0.717, 1.165) is 22.7 Å². The summed E-state index contributed by atoms with van der Waals surface area (Å²) in [5.41, 5.74) is 1.68. The Morgan fingerprint density at radius 1 is 1.06 bits per heavy atom. The van der Waals surface area contributed by atoms with Gasteiger partial charge >= 0.3 is 6.36 Å². The smallest absolute Gasteiger partial charge is 0.503 e. The van der Waals surface area contributed by atoms with Crippen molar-refractivity contribution in [3.63, 3.8) is 0 Å². The number of rotatable bonds is 6. The van der Waals surface area contributed by atoms with Gasteiger partial charge in [-0.25, -0.2) is 4.98 Å². The summed E-state index contributed by atoms with van der Waals surface area (Å²) in [7, 11) is 0. The van der Waals surface area contributed by atoms with Gasteiger partial charge in [0.1, 0.15) is 0 Å². The number of halogens is 3. The maximum absolute atomic E-state index is 13.5. The van der Waals surface area contributed by atoms with Crippen LogP contribution in [0, 0.1) is 6.92 Å². The van der Waals surface area contributed by atoms with Crippen LogP contribution in [-0.4, -0.2) is 38.3 Å². The monoisotopic (exact) mass is 498 g/mol. The molecule has 1 atom stereocenters. The fourth-order valence-electron chi connectivity index (χ4n) is 3.82. The number of hydrogen-bond acceptors (Lipinski definition) is 7. The summed E-state index contributed by atoms with van der Waals surface area (Å²) in [6, 6.07) is 10.8. The number of carbonyl (C=O) groups is 2. The molecular formula is C25H21F3N4O4. The Hall–Kier alpha value is -4.28. The minimum atomic E-state index is -4.94.